The van der Waals surface area contributed by atoms with E-state index in [0.717, 1.165) is 0 Å². The molecule has 0 saturated heterocycles. The monoisotopic (exact) mass is 270 g/mol. The summed E-state index contributed by atoms with van der Waals surface area (Å²) in [7, 11) is 0. The first-order valence-electron chi connectivity index (χ1n) is 3.17. The van der Waals surface area contributed by atoms with E-state index in [0.29, 0.717) is 0 Å². The standard InChI is InChI=1S/2C3H3N3.3ClH/c2*1-2-4-6-5-3-1;;;/h2*1-3H;3*1H. The molecule has 0 bridgehead atoms. The predicted octanol–water partition coefficient (Wildman–Crippen LogP) is 1.01. The number of rotatable bonds is 0. The molecule has 0 amide bonds. The largest absolute Gasteiger partial charge is 0.147 e. The number of aromatic nitrogens is 6. The summed E-state index contributed by atoms with van der Waals surface area (Å²) in [5, 5.41) is 20.3. The van der Waals surface area contributed by atoms with Crippen molar-refractivity contribution in [2.24, 2.45) is 0 Å². The zero-order valence-corrected chi connectivity index (χ0v) is 9.82. The van der Waals surface area contributed by atoms with Crippen LogP contribution in [0.2, 0.25) is 0 Å². The molecule has 6 nitrogen and oxygen atoms in total. The van der Waals surface area contributed by atoms with Crippen molar-refractivity contribution < 1.29 is 0 Å². The van der Waals surface area contributed by atoms with Crippen LogP contribution in [-0.2, 0) is 0 Å². The molecule has 0 aliphatic heterocycles. The van der Waals surface area contributed by atoms with Gasteiger partial charge >= 0.3 is 0 Å². The minimum absolute atomic E-state index is 0. The van der Waals surface area contributed by atoms with Crippen molar-refractivity contribution in [3.8, 4) is 0 Å². The van der Waals surface area contributed by atoms with Crippen LogP contribution >= 0.6 is 37.2 Å². The quantitative estimate of drug-likeness (QED) is 0.711. The lowest BCUT2D eigenvalue weighted by Gasteiger charge is -1.68. The highest BCUT2D eigenvalue weighted by Gasteiger charge is 1.61. The van der Waals surface area contributed by atoms with Crippen molar-refractivity contribution in [3.63, 3.8) is 0 Å². The maximum absolute atomic E-state index is 3.42. The van der Waals surface area contributed by atoms with Crippen LogP contribution < -0.4 is 0 Å². The van der Waals surface area contributed by atoms with Crippen molar-refractivity contribution in [1.82, 2.24) is 30.8 Å². The first kappa shape index (κ1) is 19.5. The summed E-state index contributed by atoms with van der Waals surface area (Å²) < 4.78 is 0. The topological polar surface area (TPSA) is 77.3 Å². The summed E-state index contributed by atoms with van der Waals surface area (Å²) >= 11 is 0. The molecule has 15 heavy (non-hydrogen) atoms. The first-order chi connectivity index (χ1) is 6.00. The van der Waals surface area contributed by atoms with Crippen LogP contribution in [0, 0.1) is 0 Å². The summed E-state index contributed by atoms with van der Waals surface area (Å²) in [5.41, 5.74) is 0. The number of hydrogen-bond donors (Lipinski definition) is 0. The van der Waals surface area contributed by atoms with E-state index in [2.05, 4.69) is 30.8 Å². The van der Waals surface area contributed by atoms with Crippen LogP contribution in [0.5, 0.6) is 0 Å². The Balaban J connectivity index is -0.000000160. The molecule has 0 aliphatic carbocycles. The van der Waals surface area contributed by atoms with Gasteiger partial charge in [0.15, 0.2) is 0 Å². The molecule has 2 rings (SSSR count). The number of halogens is 3. The third kappa shape index (κ3) is 12.9. The Morgan fingerprint density at radius 1 is 0.467 bits per heavy atom. The number of hydrogen-bond acceptors (Lipinski definition) is 6. The van der Waals surface area contributed by atoms with Crippen LogP contribution in [0.4, 0.5) is 0 Å². The lowest BCUT2D eigenvalue weighted by Crippen LogP contribution is -1.78. The van der Waals surface area contributed by atoms with Crippen molar-refractivity contribution in [3.05, 3.63) is 36.9 Å². The molecular formula is C6H9Cl3N6. The van der Waals surface area contributed by atoms with E-state index in [-0.39, 0.29) is 37.2 Å². The van der Waals surface area contributed by atoms with Crippen molar-refractivity contribution in [2.45, 2.75) is 0 Å². The van der Waals surface area contributed by atoms with E-state index >= 15 is 0 Å². The molecule has 0 radical (unpaired) electrons. The molecule has 0 aromatic carbocycles. The van der Waals surface area contributed by atoms with Crippen LogP contribution in [0.3, 0.4) is 0 Å². The average molecular weight is 272 g/mol. The van der Waals surface area contributed by atoms with Gasteiger partial charge in [0.05, 0.1) is 24.8 Å². The zero-order chi connectivity index (χ0) is 8.49. The molecule has 0 spiro atoms. The highest BCUT2D eigenvalue weighted by molar-refractivity contribution is 5.86. The second kappa shape index (κ2) is 15.4. The second-order valence-electron chi connectivity index (χ2n) is 1.62. The van der Waals surface area contributed by atoms with Gasteiger partial charge in [-0.2, -0.15) is 0 Å². The zero-order valence-electron chi connectivity index (χ0n) is 7.37. The minimum Gasteiger partial charge on any atom is -0.147 e. The summed E-state index contributed by atoms with van der Waals surface area (Å²) in [5.74, 6) is 0. The normalized spacial score (nSPS) is 6.40. The fourth-order valence-electron chi connectivity index (χ4n) is 0.410. The molecule has 2 aromatic heterocycles. The molecule has 9 heteroatoms. The fourth-order valence-corrected chi connectivity index (χ4v) is 0.410. The molecule has 0 saturated carbocycles. The van der Waals surface area contributed by atoms with E-state index in [1.807, 2.05) is 0 Å². The smallest absolute Gasteiger partial charge is 0.0529 e. The summed E-state index contributed by atoms with van der Waals surface area (Å²) in [6.07, 6.45) is 6.31. The molecule has 0 atom stereocenters. The van der Waals surface area contributed by atoms with Gasteiger partial charge in [-0.05, 0) is 22.6 Å². The van der Waals surface area contributed by atoms with Gasteiger partial charge in [0.25, 0.3) is 0 Å². The van der Waals surface area contributed by atoms with Crippen molar-refractivity contribution in [2.75, 3.05) is 0 Å². The molecular weight excluding hydrogens is 262 g/mol. The third-order valence-electron chi connectivity index (χ3n) is 0.817. The molecule has 2 heterocycles. The van der Waals surface area contributed by atoms with Crippen LogP contribution in [0.1, 0.15) is 0 Å². The van der Waals surface area contributed by atoms with Crippen molar-refractivity contribution in [1.29, 1.82) is 0 Å². The van der Waals surface area contributed by atoms with Gasteiger partial charge in [0.1, 0.15) is 0 Å². The van der Waals surface area contributed by atoms with E-state index < -0.39 is 0 Å². The SMILES string of the molecule is Cl.Cl.Cl.c1cnnnc1.c1cnnnc1. The summed E-state index contributed by atoms with van der Waals surface area (Å²) in [4.78, 5) is 0. The Morgan fingerprint density at radius 2 is 0.733 bits per heavy atom. The van der Waals surface area contributed by atoms with E-state index in [4.69, 9.17) is 0 Å². The average Bonchev–Trinajstić information content (AvgIpc) is 2.24. The second-order valence-corrected chi connectivity index (χ2v) is 1.62. The van der Waals surface area contributed by atoms with Gasteiger partial charge < -0.3 is 0 Å². The first-order valence-corrected chi connectivity index (χ1v) is 3.17. The van der Waals surface area contributed by atoms with Crippen LogP contribution in [-0.4, -0.2) is 30.8 Å². The minimum atomic E-state index is 0. The molecule has 2 aromatic rings. The Hall–Kier alpha value is -1.11. The predicted molar refractivity (Wildman–Crippen MR) is 61.4 cm³/mol. The van der Waals surface area contributed by atoms with Crippen LogP contribution in [0.25, 0.3) is 0 Å². The van der Waals surface area contributed by atoms with Crippen LogP contribution in [0.15, 0.2) is 36.9 Å². The summed E-state index contributed by atoms with van der Waals surface area (Å²) in [6, 6.07) is 3.43. The Kier molecular flexibility index (Phi) is 19.9. The molecule has 0 N–H and O–H groups in total. The highest BCUT2D eigenvalue weighted by atomic mass is 35.5. The Bertz CT molecular complexity index is 198. The third-order valence-corrected chi connectivity index (χ3v) is 0.817. The lowest BCUT2D eigenvalue weighted by molar-refractivity contribution is 0.865. The van der Waals surface area contributed by atoms with E-state index in [1.165, 1.54) is 0 Å². The molecule has 0 fully saturated rings. The maximum Gasteiger partial charge on any atom is 0.0529 e. The van der Waals surface area contributed by atoms with E-state index in [1.54, 1.807) is 36.9 Å². The molecule has 84 valence electrons. The lowest BCUT2D eigenvalue weighted by atomic mass is 10.7. The maximum atomic E-state index is 3.42. The van der Waals surface area contributed by atoms with Gasteiger partial charge in [0, 0.05) is 0 Å². The summed E-state index contributed by atoms with van der Waals surface area (Å²) in [6.45, 7) is 0. The highest BCUT2D eigenvalue weighted by Crippen LogP contribution is 1.62. The molecule has 0 unspecified atom stereocenters. The van der Waals surface area contributed by atoms with Gasteiger partial charge in [-0.1, -0.05) is 0 Å². The Labute approximate surface area is 105 Å². The Morgan fingerprint density at radius 3 is 0.800 bits per heavy atom. The van der Waals surface area contributed by atoms with E-state index in [9.17, 15) is 0 Å². The fraction of sp³-hybridized carbons (Fsp3) is 0. The molecule has 0 aliphatic rings. The van der Waals surface area contributed by atoms with Gasteiger partial charge in [0.2, 0.25) is 0 Å². The number of nitrogens with zero attached hydrogens (tertiary/aromatic N) is 6. The van der Waals surface area contributed by atoms with Crippen molar-refractivity contribution >= 4 is 37.2 Å². The van der Waals surface area contributed by atoms with Gasteiger partial charge in [-0.3, -0.25) is 0 Å². The van der Waals surface area contributed by atoms with Gasteiger partial charge in [-0.25, -0.2) is 0 Å². The van der Waals surface area contributed by atoms with Gasteiger partial charge in [-0.15, -0.1) is 57.6 Å².